The average Bonchev–Trinajstić information content (AvgIpc) is 3.20. The van der Waals surface area contributed by atoms with Gasteiger partial charge in [0.25, 0.3) is 0 Å². The Labute approximate surface area is 188 Å². The second-order valence-corrected chi connectivity index (χ2v) is 8.74. The molecule has 1 atom stereocenters. The van der Waals surface area contributed by atoms with E-state index in [0.717, 1.165) is 46.7 Å². The molecule has 32 heavy (non-hydrogen) atoms. The zero-order valence-corrected chi connectivity index (χ0v) is 19.0. The van der Waals surface area contributed by atoms with Gasteiger partial charge in [-0.15, -0.1) is 0 Å². The number of carbonyl (C=O) groups is 1. The van der Waals surface area contributed by atoms with Crippen LogP contribution in [0.15, 0.2) is 42.7 Å². The van der Waals surface area contributed by atoms with Gasteiger partial charge in [0.05, 0.1) is 41.4 Å². The second kappa shape index (κ2) is 8.83. The summed E-state index contributed by atoms with van der Waals surface area (Å²) in [6.45, 7) is 6.70. The highest BCUT2D eigenvalue weighted by Crippen LogP contribution is 2.35. The minimum Gasteiger partial charge on any atom is -0.361 e. The molecule has 1 aliphatic rings. The second-order valence-electron chi connectivity index (χ2n) is 8.74. The van der Waals surface area contributed by atoms with Crippen molar-refractivity contribution >= 4 is 17.3 Å². The molecule has 1 aliphatic heterocycles. The monoisotopic (exact) mass is 428 g/mol. The quantitative estimate of drug-likeness (QED) is 0.647. The summed E-state index contributed by atoms with van der Waals surface area (Å²) in [6.07, 6.45) is 5.55. The van der Waals surface area contributed by atoms with Crippen LogP contribution in [0.3, 0.4) is 0 Å². The topological polar surface area (TPSA) is 86.8 Å². The van der Waals surface area contributed by atoms with Crippen molar-refractivity contribution in [2.45, 2.75) is 46.2 Å². The molecule has 0 saturated carbocycles. The van der Waals surface area contributed by atoms with Gasteiger partial charge >= 0.3 is 0 Å². The maximum Gasteiger partial charge on any atom is 0.247 e. The van der Waals surface area contributed by atoms with Gasteiger partial charge in [0.15, 0.2) is 0 Å². The Morgan fingerprint density at radius 1 is 1.22 bits per heavy atom. The van der Waals surface area contributed by atoms with Gasteiger partial charge in [-0.1, -0.05) is 26.0 Å². The Kier molecular flexibility index (Phi) is 5.95. The van der Waals surface area contributed by atoms with Gasteiger partial charge in [-0.3, -0.25) is 14.5 Å². The van der Waals surface area contributed by atoms with E-state index in [0.29, 0.717) is 12.1 Å². The number of amides is 1. The molecule has 0 bridgehead atoms. The number of nitrogens with zero attached hydrogens (tertiary/aromatic N) is 5. The third kappa shape index (κ3) is 4.35. The third-order valence-corrected chi connectivity index (χ3v) is 5.94. The number of rotatable bonds is 6. The first-order valence-corrected chi connectivity index (χ1v) is 10.9. The smallest absolute Gasteiger partial charge is 0.247 e. The lowest BCUT2D eigenvalue weighted by atomic mass is 9.97. The molecule has 1 N–H and O–H groups in total. The summed E-state index contributed by atoms with van der Waals surface area (Å²) in [5, 5.41) is 16.6. The van der Waals surface area contributed by atoms with Gasteiger partial charge in [-0.25, -0.2) is 0 Å². The van der Waals surface area contributed by atoms with Gasteiger partial charge in [-0.05, 0) is 55.0 Å². The maximum atomic E-state index is 12.5. The summed E-state index contributed by atoms with van der Waals surface area (Å²) in [5.74, 6) is 0.241. The molecule has 7 heteroatoms. The normalized spacial score (nSPS) is 15.4. The van der Waals surface area contributed by atoms with Gasteiger partial charge in [-0.2, -0.15) is 10.4 Å². The van der Waals surface area contributed by atoms with Crippen molar-refractivity contribution in [3.63, 3.8) is 0 Å². The standard InChI is InChI=1S/C25H28N6O/c1-16(2)24-25(32)29-23-17(3)28-21(11-22(23)30(24)4)9-8-20-13-27-31(15-20)14-19-7-5-6-18(10-19)12-26/h5-7,10-11,13,15-16,24H,8-9,14H2,1-4H3,(H,29,32)/t24-/m0/s1. The number of pyridine rings is 1. The van der Waals surface area contributed by atoms with Crippen LogP contribution in [0.5, 0.6) is 0 Å². The molecule has 0 fully saturated rings. The van der Waals surface area contributed by atoms with Crippen LogP contribution in [0.1, 0.15) is 41.9 Å². The highest BCUT2D eigenvalue weighted by Gasteiger charge is 2.34. The number of hydrogen-bond acceptors (Lipinski definition) is 5. The van der Waals surface area contributed by atoms with Crippen molar-refractivity contribution in [3.8, 4) is 6.07 Å². The van der Waals surface area contributed by atoms with Gasteiger partial charge in [0.1, 0.15) is 6.04 Å². The number of anilines is 2. The van der Waals surface area contributed by atoms with Crippen LogP contribution in [0.25, 0.3) is 0 Å². The average molecular weight is 429 g/mol. The lowest BCUT2D eigenvalue weighted by Crippen LogP contribution is -2.49. The number of aryl methyl sites for hydroxylation is 3. The minimum absolute atomic E-state index is 0.0281. The van der Waals surface area contributed by atoms with E-state index in [1.54, 1.807) is 6.07 Å². The van der Waals surface area contributed by atoms with Crippen LogP contribution < -0.4 is 10.2 Å². The zero-order valence-electron chi connectivity index (χ0n) is 19.0. The van der Waals surface area contributed by atoms with E-state index in [1.165, 1.54) is 0 Å². The van der Waals surface area contributed by atoms with Crippen molar-refractivity contribution in [2.75, 3.05) is 17.3 Å². The van der Waals surface area contributed by atoms with Gasteiger partial charge in [0.2, 0.25) is 5.91 Å². The van der Waals surface area contributed by atoms with Crippen LogP contribution in [0.4, 0.5) is 11.4 Å². The molecule has 1 aromatic carbocycles. The number of aromatic nitrogens is 3. The first kappa shape index (κ1) is 21.6. The Balaban J connectivity index is 1.46. The van der Waals surface area contributed by atoms with Crippen molar-refractivity contribution in [1.29, 1.82) is 5.26 Å². The van der Waals surface area contributed by atoms with E-state index in [9.17, 15) is 4.79 Å². The number of nitriles is 1. The Bertz CT molecular complexity index is 1190. The molecule has 0 radical (unpaired) electrons. The molecule has 2 aromatic heterocycles. The molecule has 0 aliphatic carbocycles. The molecule has 0 saturated heterocycles. The van der Waals surface area contributed by atoms with Crippen molar-refractivity contribution in [3.05, 3.63) is 70.8 Å². The number of hydrogen-bond donors (Lipinski definition) is 1. The van der Waals surface area contributed by atoms with E-state index < -0.39 is 0 Å². The summed E-state index contributed by atoms with van der Waals surface area (Å²) in [4.78, 5) is 19.3. The first-order valence-electron chi connectivity index (χ1n) is 10.9. The number of fused-ring (bicyclic) bond motifs is 1. The number of likely N-dealkylation sites (N-methyl/N-ethyl adjacent to an activating group) is 1. The minimum atomic E-state index is -0.185. The van der Waals surface area contributed by atoms with Crippen molar-refractivity contribution in [1.82, 2.24) is 14.8 Å². The van der Waals surface area contributed by atoms with Crippen LogP contribution in [-0.4, -0.2) is 33.8 Å². The summed E-state index contributed by atoms with van der Waals surface area (Å²) in [5.41, 5.74) is 6.53. The molecule has 3 aromatic rings. The van der Waals surface area contributed by atoms with E-state index in [4.69, 9.17) is 10.2 Å². The van der Waals surface area contributed by atoms with E-state index in [1.807, 2.05) is 49.2 Å². The van der Waals surface area contributed by atoms with Crippen molar-refractivity contribution in [2.24, 2.45) is 5.92 Å². The van der Waals surface area contributed by atoms with Crippen LogP contribution >= 0.6 is 0 Å². The van der Waals surface area contributed by atoms with E-state index in [2.05, 4.69) is 41.3 Å². The van der Waals surface area contributed by atoms with Crippen molar-refractivity contribution < 1.29 is 4.79 Å². The molecule has 3 heterocycles. The summed E-state index contributed by atoms with van der Waals surface area (Å²) in [6, 6.07) is 11.7. The predicted octanol–water partition coefficient (Wildman–Crippen LogP) is 3.70. The lowest BCUT2D eigenvalue weighted by Gasteiger charge is -2.38. The number of carbonyl (C=O) groups excluding carboxylic acids is 1. The summed E-state index contributed by atoms with van der Waals surface area (Å²) >= 11 is 0. The Morgan fingerprint density at radius 2 is 2.03 bits per heavy atom. The summed E-state index contributed by atoms with van der Waals surface area (Å²) in [7, 11) is 1.98. The molecule has 0 spiro atoms. The predicted molar refractivity (Wildman–Crippen MR) is 125 cm³/mol. The molecule has 4 rings (SSSR count). The zero-order chi connectivity index (χ0) is 22.8. The largest absolute Gasteiger partial charge is 0.361 e. The van der Waals surface area contributed by atoms with Gasteiger partial charge < -0.3 is 10.2 Å². The van der Waals surface area contributed by atoms with Crippen LogP contribution in [0, 0.1) is 24.2 Å². The SMILES string of the molecule is Cc1nc(CCc2cnn(Cc3cccc(C#N)c3)c2)cc2c1NC(=O)[C@H](C(C)C)N2C. The fraction of sp³-hybridized carbons (Fsp3) is 0.360. The molecule has 164 valence electrons. The Hall–Kier alpha value is -3.66. The maximum absolute atomic E-state index is 12.5. The molecule has 1 amide bonds. The molecular formula is C25H28N6O. The molecular weight excluding hydrogens is 400 g/mol. The van der Waals surface area contributed by atoms with E-state index in [-0.39, 0.29) is 17.9 Å². The highest BCUT2D eigenvalue weighted by molar-refractivity contribution is 6.04. The third-order valence-electron chi connectivity index (χ3n) is 5.94. The van der Waals surface area contributed by atoms with E-state index >= 15 is 0 Å². The first-order chi connectivity index (χ1) is 15.4. The number of nitrogens with one attached hydrogen (secondary N) is 1. The molecule has 7 nitrogen and oxygen atoms in total. The van der Waals surface area contributed by atoms with Crippen LogP contribution in [-0.2, 0) is 24.2 Å². The molecule has 0 unspecified atom stereocenters. The highest BCUT2D eigenvalue weighted by atomic mass is 16.2. The fourth-order valence-electron chi connectivity index (χ4n) is 4.37. The Morgan fingerprint density at radius 3 is 2.78 bits per heavy atom. The van der Waals surface area contributed by atoms with Crippen LogP contribution in [0.2, 0.25) is 0 Å². The van der Waals surface area contributed by atoms with Gasteiger partial charge in [0, 0.05) is 18.9 Å². The lowest BCUT2D eigenvalue weighted by molar-refractivity contribution is -0.118. The number of benzene rings is 1. The fourth-order valence-corrected chi connectivity index (χ4v) is 4.37. The summed E-state index contributed by atoms with van der Waals surface area (Å²) < 4.78 is 1.90.